The van der Waals surface area contributed by atoms with E-state index in [1.807, 2.05) is 6.92 Å². The van der Waals surface area contributed by atoms with Crippen molar-refractivity contribution in [3.63, 3.8) is 0 Å². The molecule has 16 heavy (non-hydrogen) atoms. The van der Waals surface area contributed by atoms with E-state index in [0.29, 0.717) is 12.3 Å². The van der Waals surface area contributed by atoms with Gasteiger partial charge >= 0.3 is 0 Å². The lowest BCUT2D eigenvalue weighted by molar-refractivity contribution is 0.0232. The molecule has 0 saturated carbocycles. The Labute approximate surface area is 93.6 Å². The van der Waals surface area contributed by atoms with E-state index in [9.17, 15) is 8.78 Å². The minimum atomic E-state index is -0.815. The van der Waals surface area contributed by atoms with Gasteiger partial charge in [0.15, 0.2) is 11.6 Å². The molecule has 0 bridgehead atoms. The highest BCUT2D eigenvalue weighted by Crippen LogP contribution is 2.20. The van der Waals surface area contributed by atoms with Crippen LogP contribution in [0.1, 0.15) is 19.8 Å². The Morgan fingerprint density at radius 3 is 2.81 bits per heavy atom. The summed E-state index contributed by atoms with van der Waals surface area (Å²) in [6, 6.07) is 4.16. The van der Waals surface area contributed by atoms with Crippen LogP contribution in [-0.2, 0) is 4.74 Å². The maximum atomic E-state index is 13.0. The quantitative estimate of drug-likeness (QED) is 0.838. The standard InChI is InChI=1S/C12H15F2NO/c1-8-6-10(4-5-16-8)15-9-2-3-11(13)12(14)7-9/h2-3,7-8,10,15H,4-6H2,1H3. The van der Waals surface area contributed by atoms with E-state index in [2.05, 4.69) is 5.32 Å². The Bertz CT molecular complexity index is 370. The van der Waals surface area contributed by atoms with Crippen LogP contribution >= 0.6 is 0 Å². The molecule has 1 fully saturated rings. The first-order valence-corrected chi connectivity index (χ1v) is 5.48. The molecule has 1 aliphatic rings. The van der Waals surface area contributed by atoms with Gasteiger partial charge in [-0.2, -0.15) is 0 Å². The number of anilines is 1. The molecule has 88 valence electrons. The summed E-state index contributed by atoms with van der Waals surface area (Å²) in [5.41, 5.74) is 0.623. The minimum Gasteiger partial charge on any atom is -0.382 e. The van der Waals surface area contributed by atoms with E-state index >= 15 is 0 Å². The van der Waals surface area contributed by atoms with Crippen molar-refractivity contribution in [3.8, 4) is 0 Å². The molecule has 0 spiro atoms. The van der Waals surface area contributed by atoms with E-state index in [4.69, 9.17) is 4.74 Å². The van der Waals surface area contributed by atoms with Gasteiger partial charge in [0, 0.05) is 24.4 Å². The number of hydrogen-bond acceptors (Lipinski definition) is 2. The fourth-order valence-corrected chi connectivity index (χ4v) is 1.95. The molecular weight excluding hydrogens is 212 g/mol. The average Bonchev–Trinajstić information content (AvgIpc) is 2.24. The van der Waals surface area contributed by atoms with Crippen LogP contribution < -0.4 is 5.32 Å². The van der Waals surface area contributed by atoms with E-state index in [1.165, 1.54) is 6.07 Å². The molecule has 2 atom stereocenters. The predicted octanol–water partition coefficient (Wildman–Crippen LogP) is 2.94. The fourth-order valence-electron chi connectivity index (χ4n) is 1.95. The zero-order valence-electron chi connectivity index (χ0n) is 9.17. The van der Waals surface area contributed by atoms with Crippen molar-refractivity contribution in [2.75, 3.05) is 11.9 Å². The topological polar surface area (TPSA) is 21.3 Å². The van der Waals surface area contributed by atoms with Gasteiger partial charge in [0.1, 0.15) is 0 Å². The zero-order valence-corrected chi connectivity index (χ0v) is 9.17. The number of halogens is 2. The first-order chi connectivity index (χ1) is 7.65. The van der Waals surface area contributed by atoms with E-state index in [-0.39, 0.29) is 12.1 Å². The number of ether oxygens (including phenoxy) is 1. The van der Waals surface area contributed by atoms with Crippen LogP contribution in [0.3, 0.4) is 0 Å². The Hall–Kier alpha value is -1.16. The maximum absolute atomic E-state index is 13.0. The molecule has 1 saturated heterocycles. The summed E-state index contributed by atoms with van der Waals surface area (Å²) in [6.45, 7) is 2.72. The van der Waals surface area contributed by atoms with E-state index in [0.717, 1.165) is 18.9 Å². The van der Waals surface area contributed by atoms with Gasteiger partial charge in [0.2, 0.25) is 0 Å². The number of nitrogens with one attached hydrogen (secondary N) is 1. The summed E-state index contributed by atoms with van der Waals surface area (Å²) in [4.78, 5) is 0. The molecule has 1 N–H and O–H groups in total. The number of rotatable bonds is 2. The van der Waals surface area contributed by atoms with Gasteiger partial charge < -0.3 is 10.1 Å². The Morgan fingerprint density at radius 1 is 1.31 bits per heavy atom. The third-order valence-corrected chi connectivity index (χ3v) is 2.78. The van der Waals surface area contributed by atoms with Gasteiger partial charge in [-0.1, -0.05) is 0 Å². The molecule has 2 nitrogen and oxygen atoms in total. The van der Waals surface area contributed by atoms with Crippen LogP contribution in [0.2, 0.25) is 0 Å². The van der Waals surface area contributed by atoms with E-state index < -0.39 is 11.6 Å². The fraction of sp³-hybridized carbons (Fsp3) is 0.500. The van der Waals surface area contributed by atoms with Crippen LogP contribution in [0.4, 0.5) is 14.5 Å². The lowest BCUT2D eigenvalue weighted by Gasteiger charge is -2.28. The number of benzene rings is 1. The van der Waals surface area contributed by atoms with Gasteiger partial charge in [0.25, 0.3) is 0 Å². The minimum absolute atomic E-state index is 0.219. The normalized spacial score (nSPS) is 25.4. The molecule has 0 aliphatic carbocycles. The van der Waals surface area contributed by atoms with Gasteiger partial charge in [-0.05, 0) is 31.9 Å². The SMILES string of the molecule is CC1CC(Nc2ccc(F)c(F)c2)CCO1. The van der Waals surface area contributed by atoms with Crippen molar-refractivity contribution >= 4 is 5.69 Å². The molecule has 0 radical (unpaired) electrons. The first kappa shape index (κ1) is 11.3. The molecule has 4 heteroatoms. The Balaban J connectivity index is 2.00. The molecule has 2 rings (SSSR count). The highest BCUT2D eigenvalue weighted by Gasteiger charge is 2.19. The predicted molar refractivity (Wildman–Crippen MR) is 58.4 cm³/mol. The summed E-state index contributed by atoms with van der Waals surface area (Å²) in [5.74, 6) is -1.63. The van der Waals surface area contributed by atoms with Gasteiger partial charge in [0.05, 0.1) is 6.10 Å². The zero-order chi connectivity index (χ0) is 11.5. The maximum Gasteiger partial charge on any atom is 0.160 e. The molecule has 0 amide bonds. The highest BCUT2D eigenvalue weighted by atomic mass is 19.2. The summed E-state index contributed by atoms with van der Waals surface area (Å²) in [6.07, 6.45) is 2.00. The van der Waals surface area contributed by atoms with E-state index in [1.54, 1.807) is 6.07 Å². The van der Waals surface area contributed by atoms with Gasteiger partial charge in [-0.3, -0.25) is 0 Å². The van der Waals surface area contributed by atoms with Crippen LogP contribution in [0, 0.1) is 11.6 Å². The number of hydrogen-bond donors (Lipinski definition) is 1. The first-order valence-electron chi connectivity index (χ1n) is 5.48. The molecule has 1 heterocycles. The molecule has 1 aromatic carbocycles. The van der Waals surface area contributed by atoms with Gasteiger partial charge in [-0.15, -0.1) is 0 Å². The summed E-state index contributed by atoms with van der Waals surface area (Å²) >= 11 is 0. The molecule has 0 aromatic heterocycles. The van der Waals surface area contributed by atoms with Crippen LogP contribution in [-0.4, -0.2) is 18.8 Å². The smallest absolute Gasteiger partial charge is 0.160 e. The van der Waals surface area contributed by atoms with Crippen molar-refractivity contribution in [2.24, 2.45) is 0 Å². The molecule has 1 aromatic rings. The highest BCUT2D eigenvalue weighted by molar-refractivity contribution is 5.44. The molecular formula is C12H15F2NO. The van der Waals surface area contributed by atoms with Crippen LogP contribution in [0.5, 0.6) is 0 Å². The summed E-state index contributed by atoms with van der Waals surface area (Å²) < 4.78 is 31.1. The lowest BCUT2D eigenvalue weighted by Crippen LogP contribution is -2.32. The molecule has 2 unspecified atom stereocenters. The van der Waals surface area contributed by atoms with Crippen LogP contribution in [0.25, 0.3) is 0 Å². The van der Waals surface area contributed by atoms with Gasteiger partial charge in [-0.25, -0.2) is 8.78 Å². The van der Waals surface area contributed by atoms with Crippen molar-refractivity contribution < 1.29 is 13.5 Å². The Kier molecular flexibility index (Phi) is 3.39. The second kappa shape index (κ2) is 4.78. The summed E-state index contributed by atoms with van der Waals surface area (Å²) in [7, 11) is 0. The lowest BCUT2D eigenvalue weighted by atomic mass is 10.0. The third-order valence-electron chi connectivity index (χ3n) is 2.78. The van der Waals surface area contributed by atoms with Crippen molar-refractivity contribution in [1.29, 1.82) is 0 Å². The monoisotopic (exact) mass is 227 g/mol. The molecule has 1 aliphatic heterocycles. The van der Waals surface area contributed by atoms with Crippen molar-refractivity contribution in [3.05, 3.63) is 29.8 Å². The van der Waals surface area contributed by atoms with Crippen molar-refractivity contribution in [1.82, 2.24) is 0 Å². The van der Waals surface area contributed by atoms with Crippen molar-refractivity contribution in [2.45, 2.75) is 31.9 Å². The second-order valence-electron chi connectivity index (χ2n) is 4.18. The summed E-state index contributed by atoms with van der Waals surface area (Å²) in [5, 5.41) is 3.19. The largest absolute Gasteiger partial charge is 0.382 e. The third kappa shape index (κ3) is 2.70. The van der Waals surface area contributed by atoms with Crippen LogP contribution in [0.15, 0.2) is 18.2 Å². The Morgan fingerprint density at radius 2 is 2.12 bits per heavy atom. The average molecular weight is 227 g/mol. The second-order valence-corrected chi connectivity index (χ2v) is 4.18.